The largest absolute Gasteiger partial charge is 0.481 e. The van der Waals surface area contributed by atoms with Gasteiger partial charge in [-0.05, 0) is 6.42 Å². The minimum Gasteiger partial charge on any atom is -0.481 e. The van der Waals surface area contributed by atoms with Gasteiger partial charge in [-0.1, -0.05) is 6.92 Å². The third kappa shape index (κ3) is 7.98. The molecule has 0 aliphatic carbocycles. The van der Waals surface area contributed by atoms with Crippen molar-refractivity contribution in [2.24, 2.45) is 0 Å². The van der Waals surface area contributed by atoms with Gasteiger partial charge in [-0.3, -0.25) is 24.0 Å². The first-order valence-electron chi connectivity index (χ1n) is 6.62. The molecule has 2 amide bonds. The van der Waals surface area contributed by atoms with Crippen LogP contribution in [-0.2, 0) is 28.7 Å². The molecule has 0 radical (unpaired) electrons. The molecule has 3 N–H and O–H groups in total. The number of ketones is 1. The summed E-state index contributed by atoms with van der Waals surface area (Å²) in [6.07, 6.45) is -0.383. The number of carbonyl (C=O) groups excluding carboxylic acids is 4. The fourth-order valence-corrected chi connectivity index (χ4v) is 1.56. The van der Waals surface area contributed by atoms with Gasteiger partial charge in [-0.2, -0.15) is 0 Å². The van der Waals surface area contributed by atoms with Crippen molar-refractivity contribution < 1.29 is 33.8 Å². The van der Waals surface area contributed by atoms with Gasteiger partial charge in [-0.25, -0.2) is 0 Å². The van der Waals surface area contributed by atoms with Gasteiger partial charge in [0, 0.05) is 13.8 Å². The lowest BCUT2D eigenvalue weighted by atomic mass is 10.1. The maximum Gasteiger partial charge on any atom is 0.305 e. The first-order chi connectivity index (χ1) is 10.2. The lowest BCUT2D eigenvalue weighted by Crippen LogP contribution is -2.52. The van der Waals surface area contributed by atoms with E-state index in [4.69, 9.17) is 5.11 Å². The Bertz CT molecular complexity index is 461. The van der Waals surface area contributed by atoms with Crippen LogP contribution in [0.2, 0.25) is 0 Å². The first kappa shape index (κ1) is 19.6. The van der Waals surface area contributed by atoms with Crippen molar-refractivity contribution in [2.75, 3.05) is 6.61 Å². The van der Waals surface area contributed by atoms with Gasteiger partial charge in [0.15, 0.2) is 12.4 Å². The average Bonchev–Trinajstić information content (AvgIpc) is 2.40. The molecule has 0 aliphatic rings. The third-order valence-electron chi connectivity index (χ3n) is 2.60. The van der Waals surface area contributed by atoms with Crippen molar-refractivity contribution in [1.29, 1.82) is 0 Å². The lowest BCUT2D eigenvalue weighted by Gasteiger charge is -2.20. The molecular formula is C13H20N2O7. The molecule has 0 saturated carbocycles. The van der Waals surface area contributed by atoms with Gasteiger partial charge in [-0.15, -0.1) is 0 Å². The van der Waals surface area contributed by atoms with Gasteiger partial charge in [0.25, 0.3) is 0 Å². The number of ether oxygens (including phenoxy) is 1. The van der Waals surface area contributed by atoms with E-state index in [-0.39, 0.29) is 6.42 Å². The van der Waals surface area contributed by atoms with Crippen LogP contribution in [0, 0.1) is 0 Å². The summed E-state index contributed by atoms with van der Waals surface area (Å²) in [6, 6.07) is -2.22. The Labute approximate surface area is 127 Å². The zero-order chi connectivity index (χ0) is 17.3. The monoisotopic (exact) mass is 316 g/mol. The van der Waals surface area contributed by atoms with Gasteiger partial charge >= 0.3 is 11.9 Å². The van der Waals surface area contributed by atoms with Crippen molar-refractivity contribution in [1.82, 2.24) is 10.6 Å². The summed E-state index contributed by atoms with van der Waals surface area (Å²) in [6.45, 7) is 3.34. The number of carboxylic acids is 1. The minimum absolute atomic E-state index is 0.267. The van der Waals surface area contributed by atoms with Gasteiger partial charge in [0.05, 0.1) is 6.42 Å². The van der Waals surface area contributed by atoms with Crippen LogP contribution in [0.4, 0.5) is 0 Å². The second-order valence-electron chi connectivity index (χ2n) is 4.57. The fraction of sp³-hybridized carbons (Fsp3) is 0.615. The van der Waals surface area contributed by atoms with Crippen molar-refractivity contribution >= 4 is 29.5 Å². The third-order valence-corrected chi connectivity index (χ3v) is 2.60. The van der Waals surface area contributed by atoms with E-state index >= 15 is 0 Å². The summed E-state index contributed by atoms with van der Waals surface area (Å²) in [5.74, 6) is -3.85. The van der Waals surface area contributed by atoms with Gasteiger partial charge in [0.1, 0.15) is 12.1 Å². The lowest BCUT2D eigenvalue weighted by molar-refractivity contribution is -0.147. The van der Waals surface area contributed by atoms with Crippen LogP contribution < -0.4 is 10.6 Å². The topological polar surface area (TPSA) is 139 Å². The molecule has 0 bridgehead atoms. The molecule has 0 saturated heterocycles. The fourth-order valence-electron chi connectivity index (χ4n) is 1.56. The van der Waals surface area contributed by atoms with Crippen molar-refractivity contribution in [3.63, 3.8) is 0 Å². The number of hydrogen-bond acceptors (Lipinski definition) is 6. The molecule has 0 aromatic heterocycles. The zero-order valence-corrected chi connectivity index (χ0v) is 12.7. The number of carboxylic acid groups (broad SMARTS) is 1. The molecule has 0 aliphatic heterocycles. The maximum atomic E-state index is 12.0. The standard InChI is InChI=1S/C13H20N2O7/c1-4-9(14-7(2)16)13(21)15-10(5-12(19)20)11(18)6-22-8(3)17/h9-10H,4-6H2,1-3H3,(H,14,16)(H,15,21)(H,19,20). The second-order valence-corrected chi connectivity index (χ2v) is 4.57. The highest BCUT2D eigenvalue weighted by molar-refractivity contribution is 5.95. The Kier molecular flexibility index (Phi) is 8.42. The average molecular weight is 316 g/mol. The van der Waals surface area contributed by atoms with Crippen LogP contribution in [0.3, 0.4) is 0 Å². The second kappa shape index (κ2) is 9.48. The molecule has 0 heterocycles. The highest BCUT2D eigenvalue weighted by Crippen LogP contribution is 2.00. The highest BCUT2D eigenvalue weighted by Gasteiger charge is 2.27. The van der Waals surface area contributed by atoms with Crippen LogP contribution in [0.15, 0.2) is 0 Å². The number of amides is 2. The van der Waals surface area contributed by atoms with E-state index in [0.29, 0.717) is 0 Å². The summed E-state index contributed by atoms with van der Waals surface area (Å²) >= 11 is 0. The molecule has 0 rings (SSSR count). The number of Topliss-reactive ketones (excluding diaryl/α,β-unsaturated/α-hetero) is 1. The number of carbonyl (C=O) groups is 5. The van der Waals surface area contributed by atoms with E-state index in [1.807, 2.05) is 0 Å². The molecule has 0 spiro atoms. The zero-order valence-electron chi connectivity index (χ0n) is 12.7. The van der Waals surface area contributed by atoms with Crippen LogP contribution in [0.1, 0.15) is 33.6 Å². The molecule has 0 aromatic rings. The predicted octanol–water partition coefficient (Wildman–Crippen LogP) is -1.01. The SMILES string of the molecule is CCC(NC(C)=O)C(=O)NC(CC(=O)O)C(=O)COC(C)=O. The van der Waals surface area contributed by atoms with Crippen LogP contribution in [0.5, 0.6) is 0 Å². The number of nitrogens with one attached hydrogen (secondary N) is 2. The van der Waals surface area contributed by atoms with Crippen molar-refractivity contribution in [2.45, 2.75) is 45.7 Å². The Morgan fingerprint density at radius 1 is 1.05 bits per heavy atom. The summed E-state index contributed by atoms with van der Waals surface area (Å²) < 4.78 is 4.50. The Hall–Kier alpha value is -2.45. The molecule has 2 atom stereocenters. The Morgan fingerprint density at radius 2 is 1.64 bits per heavy atom. The van der Waals surface area contributed by atoms with E-state index in [2.05, 4.69) is 15.4 Å². The summed E-state index contributed by atoms with van der Waals surface area (Å²) in [5.41, 5.74) is 0. The van der Waals surface area contributed by atoms with Gasteiger partial charge in [0.2, 0.25) is 11.8 Å². The molecule has 0 aromatic carbocycles. The highest BCUT2D eigenvalue weighted by atomic mass is 16.5. The predicted molar refractivity (Wildman–Crippen MR) is 73.7 cm³/mol. The van der Waals surface area contributed by atoms with Crippen LogP contribution >= 0.6 is 0 Å². The van der Waals surface area contributed by atoms with Crippen molar-refractivity contribution in [3.05, 3.63) is 0 Å². The van der Waals surface area contributed by atoms with E-state index in [1.165, 1.54) is 6.92 Å². The first-order valence-corrected chi connectivity index (χ1v) is 6.62. The molecule has 2 unspecified atom stereocenters. The van der Waals surface area contributed by atoms with Crippen LogP contribution in [-0.4, -0.2) is 53.3 Å². The number of esters is 1. The van der Waals surface area contributed by atoms with Crippen LogP contribution in [0.25, 0.3) is 0 Å². The maximum absolute atomic E-state index is 12.0. The summed E-state index contributed by atoms with van der Waals surface area (Å²) in [5, 5.41) is 13.4. The van der Waals surface area contributed by atoms with E-state index in [1.54, 1.807) is 6.92 Å². The van der Waals surface area contributed by atoms with E-state index < -0.39 is 54.6 Å². The molecule has 9 nitrogen and oxygen atoms in total. The van der Waals surface area contributed by atoms with E-state index in [9.17, 15) is 24.0 Å². The normalized spacial score (nSPS) is 12.7. The van der Waals surface area contributed by atoms with Crippen molar-refractivity contribution in [3.8, 4) is 0 Å². The number of hydrogen-bond donors (Lipinski definition) is 3. The Morgan fingerprint density at radius 3 is 2.05 bits per heavy atom. The molecule has 9 heteroatoms. The summed E-state index contributed by atoms with van der Waals surface area (Å²) in [7, 11) is 0. The summed E-state index contributed by atoms with van der Waals surface area (Å²) in [4.78, 5) is 56.2. The van der Waals surface area contributed by atoms with E-state index in [0.717, 1.165) is 6.92 Å². The van der Waals surface area contributed by atoms with Gasteiger partial charge < -0.3 is 20.5 Å². The number of aliphatic carboxylic acids is 1. The Balaban J connectivity index is 4.85. The molecule has 124 valence electrons. The molecular weight excluding hydrogens is 296 g/mol. The number of rotatable bonds is 9. The quantitative estimate of drug-likeness (QED) is 0.463. The molecule has 0 fully saturated rings. The minimum atomic E-state index is -1.34. The smallest absolute Gasteiger partial charge is 0.305 e. The molecule has 22 heavy (non-hydrogen) atoms.